The van der Waals surface area contributed by atoms with Crippen molar-refractivity contribution in [1.29, 1.82) is 0 Å². The van der Waals surface area contributed by atoms with Gasteiger partial charge in [0, 0.05) is 13.1 Å². The minimum atomic E-state index is -3.72. The number of likely N-dealkylation sites (N-methyl/N-ethyl adjacent to an activating group) is 1. The van der Waals surface area contributed by atoms with Crippen molar-refractivity contribution in [3.63, 3.8) is 0 Å². The topological polar surface area (TPSA) is 86.8 Å². The Balaban J connectivity index is 2.40. The molecule has 0 bridgehead atoms. The predicted octanol–water partition coefficient (Wildman–Crippen LogP) is 3.01. The Morgan fingerprint density at radius 3 is 1.94 bits per heavy atom. The first-order valence-corrected chi connectivity index (χ1v) is 12.6. The highest BCUT2D eigenvalue weighted by atomic mass is 32.2. The molecule has 2 aromatic rings. The molecular weight excluding hydrogens is 426 g/mol. The summed E-state index contributed by atoms with van der Waals surface area (Å²) in [6, 6.07) is 14.0. The van der Waals surface area contributed by atoms with Gasteiger partial charge in [-0.25, -0.2) is 8.42 Å². The Morgan fingerprint density at radius 2 is 1.47 bits per heavy atom. The second kappa shape index (κ2) is 11.1. The Hall–Kier alpha value is -2.87. The van der Waals surface area contributed by atoms with Crippen LogP contribution in [0, 0.1) is 13.8 Å². The lowest BCUT2D eigenvalue weighted by atomic mass is 10.1. The number of amides is 2. The van der Waals surface area contributed by atoms with Gasteiger partial charge >= 0.3 is 0 Å². The molecule has 0 aliphatic heterocycles. The van der Waals surface area contributed by atoms with Crippen LogP contribution in [-0.4, -0.2) is 50.5 Å². The monoisotopic (exact) mass is 459 g/mol. The summed E-state index contributed by atoms with van der Waals surface area (Å²) < 4.78 is 26.1. The number of nitrogens with one attached hydrogen (secondary N) is 1. The molecule has 0 unspecified atom stereocenters. The molecule has 0 radical (unpaired) electrons. The molecule has 0 heterocycles. The predicted molar refractivity (Wildman–Crippen MR) is 128 cm³/mol. The largest absolute Gasteiger partial charge is 0.355 e. The summed E-state index contributed by atoms with van der Waals surface area (Å²) in [4.78, 5) is 27.7. The summed E-state index contributed by atoms with van der Waals surface area (Å²) in [6.07, 6.45) is 1.48. The van der Waals surface area contributed by atoms with Gasteiger partial charge in [-0.1, -0.05) is 54.4 Å². The lowest BCUT2D eigenvalue weighted by Gasteiger charge is -2.32. The van der Waals surface area contributed by atoms with Crippen molar-refractivity contribution >= 4 is 27.5 Å². The van der Waals surface area contributed by atoms with Crippen molar-refractivity contribution in [1.82, 2.24) is 10.2 Å². The SMILES string of the molecule is CCNC(=O)[C@H](CC)N(Cc1ccc(C)cc1)C(=O)CN(c1ccc(C)cc1)S(C)(=O)=O. The first-order valence-electron chi connectivity index (χ1n) is 10.7. The number of rotatable bonds is 10. The molecule has 0 aromatic heterocycles. The number of benzene rings is 2. The number of aryl methyl sites for hydroxylation is 2. The summed E-state index contributed by atoms with van der Waals surface area (Å²) in [5.74, 6) is -0.689. The van der Waals surface area contributed by atoms with E-state index >= 15 is 0 Å². The van der Waals surface area contributed by atoms with Crippen LogP contribution in [0.15, 0.2) is 48.5 Å². The third-order valence-corrected chi connectivity index (χ3v) is 6.35. The summed E-state index contributed by atoms with van der Waals surface area (Å²) in [6.45, 7) is 7.80. The van der Waals surface area contributed by atoms with Gasteiger partial charge in [-0.2, -0.15) is 0 Å². The van der Waals surface area contributed by atoms with E-state index in [1.165, 1.54) is 4.90 Å². The molecule has 7 nitrogen and oxygen atoms in total. The number of carbonyl (C=O) groups excluding carboxylic acids is 2. The van der Waals surface area contributed by atoms with Gasteiger partial charge in [0.25, 0.3) is 0 Å². The smallest absolute Gasteiger partial charge is 0.244 e. The van der Waals surface area contributed by atoms with Crippen LogP contribution in [0.1, 0.15) is 37.0 Å². The third kappa shape index (κ3) is 6.82. The van der Waals surface area contributed by atoms with Gasteiger partial charge in [-0.05, 0) is 44.9 Å². The van der Waals surface area contributed by atoms with Crippen LogP contribution in [0.4, 0.5) is 5.69 Å². The van der Waals surface area contributed by atoms with E-state index in [1.807, 2.05) is 52.0 Å². The molecule has 32 heavy (non-hydrogen) atoms. The lowest BCUT2D eigenvalue weighted by Crippen LogP contribution is -2.52. The van der Waals surface area contributed by atoms with E-state index in [4.69, 9.17) is 0 Å². The highest BCUT2D eigenvalue weighted by Crippen LogP contribution is 2.20. The summed E-state index contributed by atoms with van der Waals surface area (Å²) in [5, 5.41) is 2.78. The second-order valence-electron chi connectivity index (χ2n) is 7.93. The van der Waals surface area contributed by atoms with E-state index in [9.17, 15) is 18.0 Å². The minimum Gasteiger partial charge on any atom is -0.355 e. The summed E-state index contributed by atoms with van der Waals surface area (Å²) in [7, 11) is -3.72. The van der Waals surface area contributed by atoms with Crippen LogP contribution < -0.4 is 9.62 Å². The van der Waals surface area contributed by atoms with E-state index < -0.39 is 22.0 Å². The number of sulfonamides is 1. The number of nitrogens with zero attached hydrogens (tertiary/aromatic N) is 2. The number of hydrogen-bond acceptors (Lipinski definition) is 4. The van der Waals surface area contributed by atoms with Crippen molar-refractivity contribution in [3.8, 4) is 0 Å². The Kier molecular flexibility index (Phi) is 8.83. The molecule has 0 aliphatic rings. The zero-order valence-electron chi connectivity index (χ0n) is 19.5. The van der Waals surface area contributed by atoms with Crippen LogP contribution in [0.2, 0.25) is 0 Å². The normalized spacial score (nSPS) is 12.2. The molecule has 1 N–H and O–H groups in total. The standard InChI is InChI=1S/C24H33N3O4S/c1-6-22(24(29)25-7-2)26(16-20-12-8-18(3)9-13-20)23(28)17-27(32(5,30)31)21-14-10-19(4)11-15-21/h8-15,22H,6-7,16-17H2,1-5H3,(H,25,29)/t22-/m0/s1. The molecule has 2 amide bonds. The molecule has 2 aromatic carbocycles. The van der Waals surface area contributed by atoms with Gasteiger partial charge in [-0.3, -0.25) is 13.9 Å². The van der Waals surface area contributed by atoms with Crippen LogP contribution in [0.25, 0.3) is 0 Å². The molecule has 174 valence electrons. The van der Waals surface area contributed by atoms with Crippen LogP contribution >= 0.6 is 0 Å². The van der Waals surface area contributed by atoms with E-state index in [2.05, 4.69) is 5.32 Å². The highest BCUT2D eigenvalue weighted by molar-refractivity contribution is 7.92. The molecule has 0 saturated carbocycles. The summed E-state index contributed by atoms with van der Waals surface area (Å²) in [5.41, 5.74) is 3.35. The molecular formula is C24H33N3O4S. The van der Waals surface area contributed by atoms with Crippen molar-refractivity contribution in [2.75, 3.05) is 23.7 Å². The fraction of sp³-hybridized carbons (Fsp3) is 0.417. The Morgan fingerprint density at radius 1 is 0.938 bits per heavy atom. The van der Waals surface area contributed by atoms with Crippen LogP contribution in [-0.2, 0) is 26.2 Å². The van der Waals surface area contributed by atoms with Gasteiger partial charge in [0.05, 0.1) is 11.9 Å². The lowest BCUT2D eigenvalue weighted by molar-refractivity contribution is -0.140. The Labute approximate surface area is 191 Å². The van der Waals surface area contributed by atoms with Gasteiger partial charge < -0.3 is 10.2 Å². The quantitative estimate of drug-likeness (QED) is 0.592. The van der Waals surface area contributed by atoms with E-state index in [0.29, 0.717) is 18.7 Å². The van der Waals surface area contributed by atoms with Crippen LogP contribution in [0.3, 0.4) is 0 Å². The average molecular weight is 460 g/mol. The zero-order valence-corrected chi connectivity index (χ0v) is 20.3. The van der Waals surface area contributed by atoms with Gasteiger partial charge in [0.1, 0.15) is 12.6 Å². The highest BCUT2D eigenvalue weighted by Gasteiger charge is 2.31. The molecule has 8 heteroatoms. The van der Waals surface area contributed by atoms with Gasteiger partial charge in [0.15, 0.2) is 0 Å². The van der Waals surface area contributed by atoms with E-state index in [1.54, 1.807) is 24.3 Å². The molecule has 0 saturated heterocycles. The molecule has 2 rings (SSSR count). The zero-order chi connectivity index (χ0) is 23.9. The van der Waals surface area contributed by atoms with Gasteiger partial charge in [0.2, 0.25) is 21.8 Å². The molecule has 1 atom stereocenters. The van der Waals surface area contributed by atoms with Crippen LogP contribution in [0.5, 0.6) is 0 Å². The fourth-order valence-corrected chi connectivity index (χ4v) is 4.28. The van der Waals surface area contributed by atoms with Crippen molar-refractivity contribution < 1.29 is 18.0 Å². The summed E-state index contributed by atoms with van der Waals surface area (Å²) >= 11 is 0. The first-order chi connectivity index (χ1) is 15.1. The van der Waals surface area contributed by atoms with Crippen molar-refractivity contribution in [3.05, 3.63) is 65.2 Å². The van der Waals surface area contributed by atoms with Gasteiger partial charge in [-0.15, -0.1) is 0 Å². The molecule has 0 spiro atoms. The van der Waals surface area contributed by atoms with E-state index in [0.717, 1.165) is 27.3 Å². The van der Waals surface area contributed by atoms with Crippen molar-refractivity contribution in [2.45, 2.75) is 46.7 Å². The number of anilines is 1. The maximum Gasteiger partial charge on any atom is 0.244 e. The van der Waals surface area contributed by atoms with E-state index in [-0.39, 0.29) is 19.0 Å². The second-order valence-corrected chi connectivity index (χ2v) is 9.84. The fourth-order valence-electron chi connectivity index (χ4n) is 3.43. The molecule has 0 aliphatic carbocycles. The van der Waals surface area contributed by atoms with Crippen molar-refractivity contribution in [2.24, 2.45) is 0 Å². The first kappa shape index (κ1) is 25.4. The Bertz CT molecular complexity index is 1020. The number of hydrogen-bond donors (Lipinski definition) is 1. The molecule has 0 fully saturated rings. The maximum absolute atomic E-state index is 13.5. The average Bonchev–Trinajstić information content (AvgIpc) is 2.73. The number of carbonyl (C=O) groups is 2. The third-order valence-electron chi connectivity index (χ3n) is 5.21. The maximum atomic E-state index is 13.5. The minimum absolute atomic E-state index is 0.209.